The maximum Gasteiger partial charge on any atom is 0.315 e. The van der Waals surface area contributed by atoms with E-state index in [1.807, 2.05) is 13.8 Å². The fourth-order valence-corrected chi connectivity index (χ4v) is 2.05. The first-order valence-electron chi connectivity index (χ1n) is 6.36. The molecule has 1 saturated heterocycles. The number of carbonyl (C=O) groups is 1. The van der Waals surface area contributed by atoms with Crippen LogP contribution in [0.2, 0.25) is 0 Å². The van der Waals surface area contributed by atoms with Crippen LogP contribution in [-0.4, -0.2) is 25.2 Å². The first kappa shape index (κ1) is 14.9. The van der Waals surface area contributed by atoms with Crippen molar-refractivity contribution < 1.29 is 19.0 Å². The first-order valence-corrected chi connectivity index (χ1v) is 6.36. The summed E-state index contributed by atoms with van der Waals surface area (Å²) in [5.41, 5.74) is 0. The van der Waals surface area contributed by atoms with E-state index < -0.39 is 24.1 Å². The van der Waals surface area contributed by atoms with Gasteiger partial charge in [-0.15, -0.1) is 0 Å². The molecule has 0 amide bonds. The van der Waals surface area contributed by atoms with Crippen LogP contribution in [0.3, 0.4) is 0 Å². The standard InChI is InChI=1S/C13H21NO4/c1-5-16-12(15)11(13-17-9(4)18-13)10(7-14)6-8(2)3/h8-11,13H,5-6H2,1-4H3. The Labute approximate surface area is 108 Å². The molecule has 2 unspecified atom stereocenters. The van der Waals surface area contributed by atoms with Crippen molar-refractivity contribution in [3.8, 4) is 6.07 Å². The minimum absolute atomic E-state index is 0.289. The topological polar surface area (TPSA) is 68.6 Å². The van der Waals surface area contributed by atoms with E-state index in [4.69, 9.17) is 14.2 Å². The van der Waals surface area contributed by atoms with Crippen molar-refractivity contribution in [1.29, 1.82) is 5.26 Å². The molecule has 1 aliphatic rings. The zero-order valence-corrected chi connectivity index (χ0v) is 11.4. The maximum atomic E-state index is 11.9. The number of ether oxygens (including phenoxy) is 3. The quantitative estimate of drug-likeness (QED) is 0.679. The van der Waals surface area contributed by atoms with Crippen LogP contribution in [0.25, 0.3) is 0 Å². The normalized spacial score (nSPS) is 26.0. The van der Waals surface area contributed by atoms with Crippen molar-refractivity contribution in [1.82, 2.24) is 0 Å². The lowest BCUT2D eigenvalue weighted by Gasteiger charge is -2.39. The molecule has 0 radical (unpaired) electrons. The van der Waals surface area contributed by atoms with E-state index >= 15 is 0 Å². The molecule has 0 bridgehead atoms. The molecule has 0 aromatic heterocycles. The van der Waals surface area contributed by atoms with E-state index in [0.29, 0.717) is 12.3 Å². The van der Waals surface area contributed by atoms with Crippen LogP contribution < -0.4 is 0 Å². The van der Waals surface area contributed by atoms with Gasteiger partial charge < -0.3 is 14.2 Å². The summed E-state index contributed by atoms with van der Waals surface area (Å²) in [4.78, 5) is 11.9. The highest BCUT2D eigenvalue weighted by Gasteiger charge is 2.44. The van der Waals surface area contributed by atoms with E-state index in [9.17, 15) is 10.1 Å². The van der Waals surface area contributed by atoms with Gasteiger partial charge in [-0.05, 0) is 26.2 Å². The number of nitrogens with zero attached hydrogens (tertiary/aromatic N) is 1. The second kappa shape index (κ2) is 6.72. The van der Waals surface area contributed by atoms with Crippen LogP contribution in [0.4, 0.5) is 0 Å². The Morgan fingerprint density at radius 1 is 1.44 bits per heavy atom. The highest BCUT2D eigenvalue weighted by atomic mass is 16.9. The maximum absolute atomic E-state index is 11.9. The second-order valence-electron chi connectivity index (χ2n) is 4.85. The molecule has 0 aromatic carbocycles. The van der Waals surface area contributed by atoms with Crippen LogP contribution in [0, 0.1) is 29.1 Å². The number of esters is 1. The van der Waals surface area contributed by atoms with Gasteiger partial charge in [-0.1, -0.05) is 13.8 Å². The van der Waals surface area contributed by atoms with Crippen molar-refractivity contribution in [2.45, 2.75) is 46.7 Å². The second-order valence-corrected chi connectivity index (χ2v) is 4.85. The van der Waals surface area contributed by atoms with Crippen molar-refractivity contribution in [3.05, 3.63) is 0 Å². The molecule has 0 spiro atoms. The van der Waals surface area contributed by atoms with Crippen molar-refractivity contribution in [2.75, 3.05) is 6.61 Å². The fraction of sp³-hybridized carbons (Fsp3) is 0.846. The zero-order valence-electron chi connectivity index (χ0n) is 11.4. The third kappa shape index (κ3) is 3.69. The van der Waals surface area contributed by atoms with E-state index in [2.05, 4.69) is 6.07 Å². The average Bonchev–Trinajstić information content (AvgIpc) is 2.25. The minimum Gasteiger partial charge on any atom is -0.466 e. The molecular formula is C13H21NO4. The van der Waals surface area contributed by atoms with E-state index in [-0.39, 0.29) is 12.9 Å². The summed E-state index contributed by atoms with van der Waals surface area (Å²) in [6.07, 6.45) is -0.342. The van der Waals surface area contributed by atoms with E-state index in [0.717, 1.165) is 0 Å². The Hall–Kier alpha value is -1.12. The molecule has 5 heteroatoms. The molecule has 2 atom stereocenters. The summed E-state index contributed by atoms with van der Waals surface area (Å²) < 4.78 is 15.7. The summed E-state index contributed by atoms with van der Waals surface area (Å²) in [7, 11) is 0. The molecule has 0 N–H and O–H groups in total. The number of nitriles is 1. The molecule has 0 saturated carbocycles. The molecule has 1 aliphatic heterocycles. The Morgan fingerprint density at radius 3 is 2.44 bits per heavy atom. The van der Waals surface area contributed by atoms with E-state index in [1.165, 1.54) is 0 Å². The Kier molecular flexibility index (Phi) is 5.57. The predicted molar refractivity (Wildman–Crippen MR) is 64.1 cm³/mol. The van der Waals surface area contributed by atoms with Gasteiger partial charge in [-0.3, -0.25) is 4.79 Å². The van der Waals surface area contributed by atoms with Crippen LogP contribution in [0.1, 0.15) is 34.1 Å². The lowest BCUT2D eigenvalue weighted by molar-refractivity contribution is -0.391. The predicted octanol–water partition coefficient (Wildman–Crippen LogP) is 2.07. The lowest BCUT2D eigenvalue weighted by atomic mass is 9.85. The van der Waals surface area contributed by atoms with Gasteiger partial charge in [-0.2, -0.15) is 5.26 Å². The number of hydrogen-bond donors (Lipinski definition) is 0. The zero-order chi connectivity index (χ0) is 13.7. The van der Waals surface area contributed by atoms with Crippen molar-refractivity contribution >= 4 is 5.97 Å². The molecule has 0 aromatic rings. The summed E-state index contributed by atoms with van der Waals surface area (Å²) in [6.45, 7) is 7.80. The Morgan fingerprint density at radius 2 is 2.06 bits per heavy atom. The Bertz CT molecular complexity index is 317. The SMILES string of the molecule is CCOC(=O)C(C(C#N)CC(C)C)C1OC(C)O1. The van der Waals surface area contributed by atoms with Gasteiger partial charge in [0.15, 0.2) is 12.6 Å². The van der Waals surface area contributed by atoms with Crippen molar-refractivity contribution in [3.63, 3.8) is 0 Å². The molecule has 1 rings (SSSR count). The molecule has 1 fully saturated rings. The third-order valence-electron chi connectivity index (χ3n) is 2.83. The summed E-state index contributed by atoms with van der Waals surface area (Å²) >= 11 is 0. The smallest absolute Gasteiger partial charge is 0.315 e. The number of carbonyl (C=O) groups excluding carboxylic acids is 1. The molecule has 0 aliphatic carbocycles. The van der Waals surface area contributed by atoms with Gasteiger partial charge >= 0.3 is 5.97 Å². The van der Waals surface area contributed by atoms with Gasteiger partial charge in [0.2, 0.25) is 0 Å². The van der Waals surface area contributed by atoms with Crippen LogP contribution in [0.5, 0.6) is 0 Å². The molecule has 18 heavy (non-hydrogen) atoms. The van der Waals surface area contributed by atoms with Gasteiger partial charge in [0.1, 0.15) is 5.92 Å². The molecular weight excluding hydrogens is 234 g/mol. The summed E-state index contributed by atoms with van der Waals surface area (Å²) in [5.74, 6) is -1.19. The highest BCUT2D eigenvalue weighted by molar-refractivity contribution is 5.73. The van der Waals surface area contributed by atoms with Crippen LogP contribution in [0.15, 0.2) is 0 Å². The van der Waals surface area contributed by atoms with E-state index in [1.54, 1.807) is 13.8 Å². The third-order valence-corrected chi connectivity index (χ3v) is 2.83. The monoisotopic (exact) mass is 255 g/mol. The highest BCUT2D eigenvalue weighted by Crippen LogP contribution is 2.32. The average molecular weight is 255 g/mol. The largest absolute Gasteiger partial charge is 0.466 e. The number of rotatable bonds is 6. The van der Waals surface area contributed by atoms with Crippen molar-refractivity contribution in [2.24, 2.45) is 17.8 Å². The first-order chi connectivity index (χ1) is 8.49. The van der Waals surface area contributed by atoms with Gasteiger partial charge in [-0.25, -0.2) is 0 Å². The van der Waals surface area contributed by atoms with Gasteiger partial charge in [0.05, 0.1) is 18.6 Å². The molecule has 102 valence electrons. The lowest BCUT2D eigenvalue weighted by Crippen LogP contribution is -2.49. The van der Waals surface area contributed by atoms with Crippen LogP contribution >= 0.6 is 0 Å². The molecule has 1 heterocycles. The van der Waals surface area contributed by atoms with Crippen LogP contribution in [-0.2, 0) is 19.0 Å². The van der Waals surface area contributed by atoms with Gasteiger partial charge in [0.25, 0.3) is 0 Å². The molecule has 5 nitrogen and oxygen atoms in total. The Balaban J connectivity index is 2.75. The number of hydrogen-bond acceptors (Lipinski definition) is 5. The minimum atomic E-state index is -0.659. The van der Waals surface area contributed by atoms with Gasteiger partial charge in [0, 0.05) is 0 Å². The summed E-state index contributed by atoms with van der Waals surface area (Å²) in [5, 5.41) is 9.23. The fourth-order valence-electron chi connectivity index (χ4n) is 2.05. The summed E-state index contributed by atoms with van der Waals surface area (Å²) in [6, 6.07) is 2.18.